The molecule has 0 bridgehead atoms. The van der Waals surface area contributed by atoms with Crippen molar-refractivity contribution in [2.45, 2.75) is 26.4 Å². The number of halogens is 1. The molecule has 6 heteroatoms. The Balaban J connectivity index is 1.54. The minimum atomic E-state index is -0.170. The number of piperazine rings is 1. The molecule has 0 aliphatic carbocycles. The Bertz CT molecular complexity index is 622. The zero-order valence-corrected chi connectivity index (χ0v) is 13.0. The zero-order valence-electron chi connectivity index (χ0n) is 13.0. The molecule has 0 saturated carbocycles. The number of aryl methyl sites for hydroxylation is 1. The number of aromatic nitrogens is 2. The summed E-state index contributed by atoms with van der Waals surface area (Å²) in [6.07, 6.45) is 0. The summed E-state index contributed by atoms with van der Waals surface area (Å²) < 4.78 is 18.5. The molecule has 3 rings (SSSR count). The number of hydrogen-bond donors (Lipinski definition) is 0. The van der Waals surface area contributed by atoms with Gasteiger partial charge in [-0.1, -0.05) is 17.3 Å². The van der Waals surface area contributed by atoms with Crippen LogP contribution in [0.4, 0.5) is 4.39 Å². The summed E-state index contributed by atoms with van der Waals surface area (Å²) in [7, 11) is 0. The van der Waals surface area contributed by atoms with E-state index in [0.717, 1.165) is 38.3 Å². The maximum atomic E-state index is 13.2. The van der Waals surface area contributed by atoms with Gasteiger partial charge in [0.1, 0.15) is 5.82 Å². The van der Waals surface area contributed by atoms with Gasteiger partial charge >= 0.3 is 0 Å². The van der Waals surface area contributed by atoms with E-state index < -0.39 is 0 Å². The molecule has 0 spiro atoms. The second-order valence-electron chi connectivity index (χ2n) is 5.80. The zero-order chi connectivity index (χ0) is 15.5. The Morgan fingerprint density at radius 1 is 1.27 bits per heavy atom. The fraction of sp³-hybridized carbons (Fsp3) is 0.500. The molecule has 5 nitrogen and oxygen atoms in total. The second-order valence-corrected chi connectivity index (χ2v) is 5.80. The minimum Gasteiger partial charge on any atom is -0.338 e. The van der Waals surface area contributed by atoms with E-state index in [1.165, 1.54) is 6.07 Å². The lowest BCUT2D eigenvalue weighted by molar-refractivity contribution is 0.0845. The van der Waals surface area contributed by atoms with Crippen molar-refractivity contribution in [1.82, 2.24) is 19.9 Å². The Morgan fingerprint density at radius 2 is 2.05 bits per heavy atom. The standard InChI is InChI=1S/C16H21FN4O/c1-12(16-18-13(2)19-22-16)21-8-6-20(7-9-21)11-14-4-3-5-15(17)10-14/h3-5,10,12H,6-9,11H2,1-2H3/t12-/m0/s1. The Morgan fingerprint density at radius 3 is 2.68 bits per heavy atom. The molecule has 2 aromatic rings. The topological polar surface area (TPSA) is 45.4 Å². The van der Waals surface area contributed by atoms with Crippen molar-refractivity contribution in [3.05, 3.63) is 47.4 Å². The fourth-order valence-corrected chi connectivity index (χ4v) is 2.84. The Hall–Kier alpha value is -1.79. The normalized spacial score (nSPS) is 18.5. The highest BCUT2D eigenvalue weighted by Gasteiger charge is 2.25. The van der Waals surface area contributed by atoms with E-state index in [2.05, 4.69) is 26.9 Å². The maximum absolute atomic E-state index is 13.2. The third kappa shape index (κ3) is 3.51. The minimum absolute atomic E-state index is 0.137. The van der Waals surface area contributed by atoms with Crippen molar-refractivity contribution in [2.24, 2.45) is 0 Å². The Labute approximate surface area is 129 Å². The van der Waals surface area contributed by atoms with E-state index in [1.54, 1.807) is 12.1 Å². The molecule has 1 atom stereocenters. The van der Waals surface area contributed by atoms with Crippen molar-refractivity contribution >= 4 is 0 Å². The molecule has 1 aliphatic heterocycles. The van der Waals surface area contributed by atoms with E-state index in [9.17, 15) is 4.39 Å². The third-order valence-corrected chi connectivity index (χ3v) is 4.15. The van der Waals surface area contributed by atoms with Crippen LogP contribution in [0.2, 0.25) is 0 Å². The van der Waals surface area contributed by atoms with Crippen LogP contribution in [0.5, 0.6) is 0 Å². The summed E-state index contributed by atoms with van der Waals surface area (Å²) in [6, 6.07) is 6.96. The lowest BCUT2D eigenvalue weighted by atomic mass is 10.1. The highest BCUT2D eigenvalue weighted by molar-refractivity contribution is 5.16. The van der Waals surface area contributed by atoms with E-state index in [-0.39, 0.29) is 11.9 Å². The van der Waals surface area contributed by atoms with Crippen LogP contribution in [-0.2, 0) is 6.54 Å². The van der Waals surface area contributed by atoms with Crippen LogP contribution in [0.1, 0.15) is 30.2 Å². The van der Waals surface area contributed by atoms with Gasteiger partial charge in [0.25, 0.3) is 0 Å². The molecular weight excluding hydrogens is 283 g/mol. The van der Waals surface area contributed by atoms with Crippen LogP contribution in [0.25, 0.3) is 0 Å². The number of rotatable bonds is 4. The summed E-state index contributed by atoms with van der Waals surface area (Å²) in [4.78, 5) is 8.99. The number of hydrogen-bond acceptors (Lipinski definition) is 5. The molecule has 1 aliphatic rings. The largest absolute Gasteiger partial charge is 0.338 e. The van der Waals surface area contributed by atoms with Crippen molar-refractivity contribution in [2.75, 3.05) is 26.2 Å². The predicted octanol–water partition coefficient (Wildman–Crippen LogP) is 2.40. The van der Waals surface area contributed by atoms with Gasteiger partial charge in [-0.05, 0) is 31.5 Å². The van der Waals surface area contributed by atoms with E-state index in [0.29, 0.717) is 11.7 Å². The quantitative estimate of drug-likeness (QED) is 0.868. The highest BCUT2D eigenvalue weighted by atomic mass is 19.1. The van der Waals surface area contributed by atoms with Gasteiger partial charge in [-0.3, -0.25) is 9.80 Å². The summed E-state index contributed by atoms with van der Waals surface area (Å²) in [6.45, 7) is 8.50. The fourth-order valence-electron chi connectivity index (χ4n) is 2.84. The molecule has 1 saturated heterocycles. The summed E-state index contributed by atoms with van der Waals surface area (Å²) in [5, 5.41) is 3.85. The van der Waals surface area contributed by atoms with Crippen molar-refractivity contribution in [3.8, 4) is 0 Å². The lowest BCUT2D eigenvalue weighted by Crippen LogP contribution is -2.46. The lowest BCUT2D eigenvalue weighted by Gasteiger charge is -2.36. The number of nitrogens with zero attached hydrogens (tertiary/aromatic N) is 4. The summed E-state index contributed by atoms with van der Waals surface area (Å²) in [5.74, 6) is 1.18. The second kappa shape index (κ2) is 6.54. The van der Waals surface area contributed by atoms with E-state index >= 15 is 0 Å². The smallest absolute Gasteiger partial charge is 0.243 e. The monoisotopic (exact) mass is 304 g/mol. The predicted molar refractivity (Wildman–Crippen MR) is 80.7 cm³/mol. The van der Waals surface area contributed by atoms with Gasteiger partial charge in [0.15, 0.2) is 5.82 Å². The van der Waals surface area contributed by atoms with Crippen LogP contribution in [0, 0.1) is 12.7 Å². The maximum Gasteiger partial charge on any atom is 0.243 e. The van der Waals surface area contributed by atoms with E-state index in [1.807, 2.05) is 13.0 Å². The van der Waals surface area contributed by atoms with Gasteiger partial charge in [0.2, 0.25) is 5.89 Å². The third-order valence-electron chi connectivity index (χ3n) is 4.15. The molecular formula is C16H21FN4O. The molecule has 1 aromatic heterocycles. The molecule has 0 unspecified atom stereocenters. The average molecular weight is 304 g/mol. The molecule has 1 fully saturated rings. The van der Waals surface area contributed by atoms with Crippen LogP contribution in [0.15, 0.2) is 28.8 Å². The van der Waals surface area contributed by atoms with Crippen molar-refractivity contribution in [3.63, 3.8) is 0 Å². The van der Waals surface area contributed by atoms with Crippen LogP contribution >= 0.6 is 0 Å². The highest BCUT2D eigenvalue weighted by Crippen LogP contribution is 2.20. The average Bonchev–Trinajstić information content (AvgIpc) is 2.94. The molecule has 22 heavy (non-hydrogen) atoms. The van der Waals surface area contributed by atoms with Gasteiger partial charge in [-0.15, -0.1) is 0 Å². The molecule has 0 amide bonds. The van der Waals surface area contributed by atoms with Gasteiger partial charge in [0, 0.05) is 32.7 Å². The van der Waals surface area contributed by atoms with Crippen molar-refractivity contribution < 1.29 is 8.91 Å². The first kappa shape index (κ1) is 15.1. The van der Waals surface area contributed by atoms with Crippen LogP contribution < -0.4 is 0 Å². The molecule has 0 radical (unpaired) electrons. The van der Waals surface area contributed by atoms with Gasteiger partial charge < -0.3 is 4.52 Å². The molecule has 1 aromatic carbocycles. The van der Waals surface area contributed by atoms with Gasteiger partial charge in [-0.2, -0.15) is 4.98 Å². The van der Waals surface area contributed by atoms with Crippen LogP contribution in [0.3, 0.4) is 0 Å². The first-order chi connectivity index (χ1) is 10.6. The number of benzene rings is 1. The van der Waals surface area contributed by atoms with Crippen molar-refractivity contribution in [1.29, 1.82) is 0 Å². The van der Waals surface area contributed by atoms with Gasteiger partial charge in [-0.25, -0.2) is 4.39 Å². The summed E-state index contributed by atoms with van der Waals surface area (Å²) in [5.41, 5.74) is 1.02. The van der Waals surface area contributed by atoms with Crippen LogP contribution in [-0.4, -0.2) is 46.1 Å². The first-order valence-corrected chi connectivity index (χ1v) is 7.63. The van der Waals surface area contributed by atoms with Gasteiger partial charge in [0.05, 0.1) is 6.04 Å². The molecule has 118 valence electrons. The Kier molecular flexibility index (Phi) is 4.49. The molecule has 0 N–H and O–H groups in total. The SMILES string of the molecule is Cc1noc([C@H](C)N2CCN(Cc3cccc(F)c3)CC2)n1. The first-order valence-electron chi connectivity index (χ1n) is 7.63. The molecule has 2 heterocycles. The summed E-state index contributed by atoms with van der Waals surface area (Å²) >= 11 is 0. The van der Waals surface area contributed by atoms with E-state index in [4.69, 9.17) is 4.52 Å².